The van der Waals surface area contributed by atoms with Gasteiger partial charge in [-0.25, -0.2) is 12.8 Å². The first-order valence-electron chi connectivity index (χ1n) is 7.01. The number of carbonyl (C=O) groups excluding carboxylic acids is 1. The largest absolute Gasteiger partial charge is 0.459 e. The lowest BCUT2D eigenvalue weighted by atomic mass is 10.4. The van der Waals surface area contributed by atoms with Crippen molar-refractivity contribution in [3.05, 3.63) is 48.5 Å². The number of benzene rings is 1. The number of aromatic nitrogens is 1. The van der Waals surface area contributed by atoms with Crippen molar-refractivity contribution in [1.82, 2.24) is 4.98 Å². The van der Waals surface area contributed by atoms with Crippen molar-refractivity contribution in [3.63, 3.8) is 0 Å². The third-order valence-corrected chi connectivity index (χ3v) is 6.20. The molecule has 0 aliphatic heterocycles. The molecule has 0 saturated heterocycles. The van der Waals surface area contributed by atoms with E-state index in [1.165, 1.54) is 18.4 Å². The molecule has 0 spiro atoms. The molecule has 0 bridgehead atoms. The number of hydrogen-bond acceptors (Lipinski definition) is 7. The molecule has 26 heavy (non-hydrogen) atoms. The van der Waals surface area contributed by atoms with Gasteiger partial charge in [-0.2, -0.15) is 4.98 Å². The molecule has 0 fully saturated rings. The summed E-state index contributed by atoms with van der Waals surface area (Å²) in [6.07, 6.45) is 1.31. The second kappa shape index (κ2) is 6.84. The van der Waals surface area contributed by atoms with E-state index >= 15 is 0 Å². The van der Waals surface area contributed by atoms with Crippen LogP contribution in [0.4, 0.5) is 4.39 Å². The van der Waals surface area contributed by atoms with Gasteiger partial charge in [0.15, 0.2) is 5.76 Å². The molecule has 2 aromatic heterocycles. The summed E-state index contributed by atoms with van der Waals surface area (Å²) in [5.74, 6) is -2.33. The molecule has 1 amide bonds. The van der Waals surface area contributed by atoms with Gasteiger partial charge in [0.1, 0.15) is 22.4 Å². The molecule has 3 aromatic rings. The summed E-state index contributed by atoms with van der Waals surface area (Å²) in [5, 5.41) is -1.20. The molecule has 0 aliphatic carbocycles. The van der Waals surface area contributed by atoms with Gasteiger partial charge in [-0.15, -0.1) is 0 Å². The van der Waals surface area contributed by atoms with Gasteiger partial charge in [0.2, 0.25) is 25.9 Å². The smallest absolute Gasteiger partial charge is 0.265 e. The van der Waals surface area contributed by atoms with Crippen LogP contribution in [-0.2, 0) is 25.4 Å². The first kappa shape index (κ1) is 18.0. The predicted molar refractivity (Wildman–Crippen MR) is 86.5 cm³/mol. The van der Waals surface area contributed by atoms with E-state index in [0.29, 0.717) is 0 Å². The maximum atomic E-state index is 13.1. The van der Waals surface area contributed by atoms with Gasteiger partial charge in [0.25, 0.3) is 5.89 Å². The number of halogens is 1. The van der Waals surface area contributed by atoms with Crippen LogP contribution < -0.4 is 5.73 Å². The first-order valence-corrected chi connectivity index (χ1v) is 9.81. The second-order valence-corrected chi connectivity index (χ2v) is 8.22. The highest BCUT2D eigenvalue weighted by atomic mass is 32.2. The maximum absolute atomic E-state index is 13.1. The summed E-state index contributed by atoms with van der Waals surface area (Å²) in [6.45, 7) is 0. The van der Waals surface area contributed by atoms with E-state index in [-0.39, 0.29) is 16.5 Å². The lowest BCUT2D eigenvalue weighted by Gasteiger charge is -2.03. The van der Waals surface area contributed by atoms with Crippen LogP contribution in [0.15, 0.2) is 66.5 Å². The van der Waals surface area contributed by atoms with E-state index in [1.54, 1.807) is 0 Å². The minimum Gasteiger partial charge on any atom is -0.459 e. The Bertz CT molecular complexity index is 1070. The Balaban J connectivity index is 2.16. The van der Waals surface area contributed by atoms with E-state index in [4.69, 9.17) is 14.6 Å². The number of oxazole rings is 1. The average molecular weight is 398 g/mol. The summed E-state index contributed by atoms with van der Waals surface area (Å²) in [7, 11) is -6.48. The monoisotopic (exact) mass is 398 g/mol. The van der Waals surface area contributed by atoms with Crippen LogP contribution in [0.1, 0.15) is 0 Å². The molecule has 1 aromatic carbocycles. The van der Waals surface area contributed by atoms with Gasteiger partial charge in [-0.3, -0.25) is 9.00 Å². The number of sulfone groups is 1. The van der Waals surface area contributed by atoms with Crippen LogP contribution in [0, 0.1) is 5.82 Å². The normalized spacial score (nSPS) is 12.8. The zero-order valence-corrected chi connectivity index (χ0v) is 14.6. The number of nitrogens with zero attached hydrogens (tertiary/aromatic N) is 1. The molecule has 0 radical (unpaired) electrons. The highest BCUT2D eigenvalue weighted by Crippen LogP contribution is 2.31. The Labute approximate surface area is 149 Å². The van der Waals surface area contributed by atoms with E-state index in [0.717, 1.165) is 24.3 Å². The van der Waals surface area contributed by atoms with Crippen molar-refractivity contribution in [2.24, 2.45) is 5.73 Å². The van der Waals surface area contributed by atoms with Gasteiger partial charge < -0.3 is 14.6 Å². The van der Waals surface area contributed by atoms with Crippen molar-refractivity contribution in [2.45, 2.75) is 15.0 Å². The lowest BCUT2D eigenvalue weighted by molar-refractivity contribution is -0.115. The van der Waals surface area contributed by atoms with Crippen molar-refractivity contribution in [3.8, 4) is 11.7 Å². The van der Waals surface area contributed by atoms with Crippen LogP contribution in [0.2, 0.25) is 0 Å². The fourth-order valence-electron chi connectivity index (χ4n) is 2.03. The third-order valence-electron chi connectivity index (χ3n) is 3.16. The van der Waals surface area contributed by atoms with Gasteiger partial charge in [-0.05, 0) is 36.4 Å². The summed E-state index contributed by atoms with van der Waals surface area (Å²) in [5.41, 5.74) is 5.02. The summed E-state index contributed by atoms with van der Waals surface area (Å²) in [4.78, 5) is 14.6. The molecular formula is C15H11FN2O6S2. The zero-order chi connectivity index (χ0) is 18.9. The number of furan rings is 1. The summed E-state index contributed by atoms with van der Waals surface area (Å²) < 4.78 is 61.4. The minimum absolute atomic E-state index is 0.0999. The van der Waals surface area contributed by atoms with Crippen LogP contribution in [-0.4, -0.2) is 29.3 Å². The van der Waals surface area contributed by atoms with Gasteiger partial charge in [0.05, 0.1) is 11.2 Å². The first-order chi connectivity index (χ1) is 12.3. The molecule has 2 heterocycles. The number of amides is 1. The van der Waals surface area contributed by atoms with Crippen LogP contribution in [0.25, 0.3) is 11.7 Å². The van der Waals surface area contributed by atoms with Gasteiger partial charge >= 0.3 is 0 Å². The lowest BCUT2D eigenvalue weighted by Crippen LogP contribution is -2.20. The van der Waals surface area contributed by atoms with Gasteiger partial charge in [0, 0.05) is 0 Å². The highest BCUT2D eigenvalue weighted by molar-refractivity contribution is 7.92. The van der Waals surface area contributed by atoms with Crippen molar-refractivity contribution in [1.29, 1.82) is 0 Å². The van der Waals surface area contributed by atoms with Crippen molar-refractivity contribution in [2.75, 3.05) is 5.75 Å². The van der Waals surface area contributed by atoms with Gasteiger partial charge in [-0.1, -0.05) is 0 Å². The zero-order valence-electron chi connectivity index (χ0n) is 12.9. The number of primary amides is 1. The summed E-state index contributed by atoms with van der Waals surface area (Å²) >= 11 is 0. The summed E-state index contributed by atoms with van der Waals surface area (Å²) in [6, 6.07) is 6.97. The molecule has 8 nitrogen and oxygen atoms in total. The molecule has 1 atom stereocenters. The quantitative estimate of drug-likeness (QED) is 0.622. The predicted octanol–water partition coefficient (Wildman–Crippen LogP) is 1.50. The Morgan fingerprint density at radius 1 is 1.23 bits per heavy atom. The highest BCUT2D eigenvalue weighted by Gasteiger charge is 2.32. The Morgan fingerprint density at radius 3 is 2.50 bits per heavy atom. The fourth-order valence-corrected chi connectivity index (χ4v) is 4.62. The topological polar surface area (TPSA) is 133 Å². The van der Waals surface area contributed by atoms with E-state index in [2.05, 4.69) is 4.98 Å². The van der Waals surface area contributed by atoms with Crippen LogP contribution >= 0.6 is 0 Å². The SMILES string of the molecule is NC(=O)C[S@@](=O)c1oc(-c2ccco2)nc1S(=O)(=O)c1ccc(F)cc1. The minimum atomic E-state index is -4.30. The van der Waals surface area contributed by atoms with Crippen molar-refractivity contribution < 1.29 is 30.6 Å². The third kappa shape index (κ3) is 3.44. The molecule has 0 aliphatic rings. The molecule has 3 rings (SSSR count). The van der Waals surface area contributed by atoms with Crippen LogP contribution in [0.5, 0.6) is 0 Å². The number of rotatable bonds is 6. The van der Waals surface area contributed by atoms with E-state index in [1.807, 2.05) is 0 Å². The average Bonchev–Trinajstić information content (AvgIpc) is 3.24. The number of nitrogens with two attached hydrogens (primary N) is 1. The maximum Gasteiger partial charge on any atom is 0.265 e. The second-order valence-electron chi connectivity index (χ2n) is 5.00. The Kier molecular flexibility index (Phi) is 4.74. The van der Waals surface area contributed by atoms with Crippen molar-refractivity contribution >= 4 is 26.5 Å². The van der Waals surface area contributed by atoms with E-state index < -0.39 is 48.2 Å². The number of hydrogen-bond donors (Lipinski definition) is 1. The molecular weight excluding hydrogens is 387 g/mol. The molecule has 2 N–H and O–H groups in total. The molecule has 0 saturated carbocycles. The molecule has 11 heteroatoms. The number of carbonyl (C=O) groups is 1. The molecule has 0 unspecified atom stereocenters. The Morgan fingerprint density at radius 2 is 1.92 bits per heavy atom. The Hall–Kier alpha value is -2.79. The van der Waals surface area contributed by atoms with Crippen LogP contribution in [0.3, 0.4) is 0 Å². The standard InChI is InChI=1S/C15H11FN2O6S2/c16-9-3-5-10(6-4-9)26(21,22)14-15(25(20)8-12(17)19)24-13(18-14)11-2-1-7-23-11/h1-7H,8H2,(H2,17,19)/t25-/m1/s1. The van der Waals surface area contributed by atoms with E-state index in [9.17, 15) is 21.8 Å². The fraction of sp³-hybridized carbons (Fsp3) is 0.0667. The molecule has 136 valence electrons.